The zero-order chi connectivity index (χ0) is 14.5. The number of Topliss-reactive ketones (excluding diaryl/α,β-unsaturated/α-hetero) is 1. The van der Waals surface area contributed by atoms with Crippen molar-refractivity contribution < 1.29 is 4.79 Å². The minimum atomic E-state index is -1.02. The summed E-state index contributed by atoms with van der Waals surface area (Å²) in [6.45, 7) is 0. The van der Waals surface area contributed by atoms with E-state index in [1.165, 1.54) is 0 Å². The van der Waals surface area contributed by atoms with Crippen molar-refractivity contribution in [2.45, 2.75) is 28.8 Å². The largest absolute Gasteiger partial charge is 0.316 e. The Morgan fingerprint density at radius 3 is 2.26 bits per heavy atom. The highest BCUT2D eigenvalue weighted by Crippen LogP contribution is 2.55. The smallest absolute Gasteiger partial charge is 0.147 e. The molecule has 1 fully saturated rings. The number of halogens is 1. The zero-order valence-corrected chi connectivity index (χ0v) is 12.8. The van der Waals surface area contributed by atoms with Crippen LogP contribution in [-0.4, -0.2) is 37.2 Å². The minimum absolute atomic E-state index is 0.0874. The van der Waals surface area contributed by atoms with E-state index < -0.39 is 10.8 Å². The number of hydrogen-bond acceptors (Lipinski definition) is 2. The third kappa shape index (κ3) is 2.09. The molecule has 1 aliphatic rings. The topological polar surface area (TPSA) is 43.1 Å². The highest BCUT2D eigenvalue weighted by atomic mass is 35.5. The van der Waals surface area contributed by atoms with Crippen LogP contribution < -0.4 is 5.73 Å². The normalized spacial score (nSPS) is 29.1. The number of ketones is 1. The fraction of sp³-hybridized carbons (Fsp3) is 0.417. The molecule has 0 aromatic heterocycles. The van der Waals surface area contributed by atoms with Crippen LogP contribution in [0.3, 0.4) is 0 Å². The van der Waals surface area contributed by atoms with Crippen molar-refractivity contribution in [2.75, 3.05) is 0 Å². The van der Waals surface area contributed by atoms with Crippen LogP contribution in [0.2, 0.25) is 15.5 Å². The lowest BCUT2D eigenvalue weighted by Gasteiger charge is -2.52. The Bertz CT molecular complexity index is 534. The molecule has 0 heterocycles. The van der Waals surface area contributed by atoms with Crippen LogP contribution in [0.4, 0.5) is 0 Å². The number of carbonyl (C=O) groups excluding carboxylic acids is 1. The molecular formula is C12H18B4ClNO. The molecule has 0 saturated heterocycles. The molecule has 0 bridgehead atoms. The third-order valence-electron chi connectivity index (χ3n) is 4.71. The molecule has 1 aromatic carbocycles. The highest BCUT2D eigenvalue weighted by molar-refractivity contribution is 6.55. The van der Waals surface area contributed by atoms with E-state index in [2.05, 4.69) is 15.7 Å². The van der Waals surface area contributed by atoms with Crippen LogP contribution in [-0.2, 0) is 10.3 Å². The summed E-state index contributed by atoms with van der Waals surface area (Å²) in [5.41, 5.74) is 6.37. The van der Waals surface area contributed by atoms with Crippen molar-refractivity contribution in [2.24, 2.45) is 5.73 Å². The van der Waals surface area contributed by atoms with Gasteiger partial charge in [0.25, 0.3) is 0 Å². The van der Waals surface area contributed by atoms with Crippen LogP contribution in [0.1, 0.15) is 18.4 Å². The number of rotatable bonds is 1. The standard InChI is InChI=1S/C12H18B4ClNO/c13-10(14)5-6-11(15,16)12(18,9(10)19)7-3-1-2-4-8(7)17/h1-4H,5-6,13-16,18H2. The van der Waals surface area contributed by atoms with Crippen molar-refractivity contribution in [3.63, 3.8) is 0 Å². The van der Waals surface area contributed by atoms with Gasteiger partial charge in [0.15, 0.2) is 0 Å². The second kappa shape index (κ2) is 4.46. The summed E-state index contributed by atoms with van der Waals surface area (Å²) in [6.07, 6.45) is 1.77. The lowest BCUT2D eigenvalue weighted by molar-refractivity contribution is -0.128. The molecule has 2 rings (SSSR count). The average Bonchev–Trinajstić information content (AvgIpc) is 2.34. The van der Waals surface area contributed by atoms with Gasteiger partial charge < -0.3 is 5.73 Å². The second-order valence-electron chi connectivity index (χ2n) is 6.88. The van der Waals surface area contributed by atoms with Crippen LogP contribution in [0.5, 0.6) is 0 Å². The summed E-state index contributed by atoms with van der Waals surface area (Å²) in [5, 5.41) is -0.127. The maximum absolute atomic E-state index is 13.0. The Morgan fingerprint density at radius 2 is 1.68 bits per heavy atom. The summed E-state index contributed by atoms with van der Waals surface area (Å²) in [6, 6.07) is 7.43. The van der Waals surface area contributed by atoms with Gasteiger partial charge in [0, 0.05) is 5.02 Å². The van der Waals surface area contributed by atoms with Crippen LogP contribution >= 0.6 is 11.6 Å². The van der Waals surface area contributed by atoms with E-state index in [4.69, 9.17) is 17.3 Å². The van der Waals surface area contributed by atoms with E-state index in [1.54, 1.807) is 6.07 Å². The highest BCUT2D eigenvalue weighted by Gasteiger charge is 2.56. The Balaban J connectivity index is 2.66. The lowest BCUT2D eigenvalue weighted by Crippen LogP contribution is -2.61. The average molecular weight is 271 g/mol. The van der Waals surface area contributed by atoms with Crippen LogP contribution in [0, 0.1) is 0 Å². The van der Waals surface area contributed by atoms with Crippen molar-refractivity contribution in [3.05, 3.63) is 34.9 Å². The molecule has 96 valence electrons. The first-order valence-corrected chi connectivity index (χ1v) is 7.09. The first kappa shape index (κ1) is 14.8. The SMILES string of the molecule is BC1(B)CCC(B)(B)C(N)(c2ccccc2Cl)C1=O. The molecule has 0 radical (unpaired) electrons. The summed E-state index contributed by atoms with van der Waals surface area (Å²) in [7, 11) is 8.07. The van der Waals surface area contributed by atoms with Gasteiger partial charge in [-0.1, -0.05) is 47.9 Å². The first-order valence-electron chi connectivity index (χ1n) is 6.72. The molecule has 1 aromatic rings. The van der Waals surface area contributed by atoms with Crippen LogP contribution in [0.15, 0.2) is 24.3 Å². The van der Waals surface area contributed by atoms with Gasteiger partial charge in [-0.05, 0) is 16.8 Å². The summed E-state index contributed by atoms with van der Waals surface area (Å²) in [5.74, 6) is 0.0874. The lowest BCUT2D eigenvalue weighted by atomic mass is 9.31. The Kier molecular flexibility index (Phi) is 3.47. The molecule has 1 atom stereocenters. The van der Waals surface area contributed by atoms with Crippen molar-refractivity contribution in [1.29, 1.82) is 0 Å². The van der Waals surface area contributed by atoms with Gasteiger partial charge in [0.05, 0.1) is 5.54 Å². The monoisotopic (exact) mass is 271 g/mol. The van der Waals surface area contributed by atoms with Crippen molar-refractivity contribution >= 4 is 48.8 Å². The number of nitrogens with two attached hydrogens (primary N) is 1. The molecule has 19 heavy (non-hydrogen) atoms. The molecule has 0 spiro atoms. The third-order valence-corrected chi connectivity index (χ3v) is 5.04. The van der Waals surface area contributed by atoms with Crippen LogP contribution in [0.25, 0.3) is 0 Å². The molecule has 2 N–H and O–H groups in total. The molecule has 1 saturated carbocycles. The molecule has 2 nitrogen and oxygen atoms in total. The summed E-state index contributed by atoms with van der Waals surface area (Å²) in [4.78, 5) is 13.0. The Morgan fingerprint density at radius 1 is 1.11 bits per heavy atom. The molecule has 1 unspecified atom stereocenters. The van der Waals surface area contributed by atoms with Gasteiger partial charge in [-0.2, -0.15) is 0 Å². The van der Waals surface area contributed by atoms with Gasteiger partial charge >= 0.3 is 0 Å². The Labute approximate surface area is 123 Å². The van der Waals surface area contributed by atoms with E-state index in [1.807, 2.05) is 33.9 Å². The number of carbonyl (C=O) groups is 1. The number of hydrogen-bond donors (Lipinski definition) is 1. The second-order valence-corrected chi connectivity index (χ2v) is 7.29. The van der Waals surface area contributed by atoms with Gasteiger partial charge in [0.2, 0.25) is 0 Å². The van der Waals surface area contributed by atoms with E-state index >= 15 is 0 Å². The van der Waals surface area contributed by atoms with E-state index in [0.29, 0.717) is 5.02 Å². The predicted octanol–water partition coefficient (Wildman–Crippen LogP) is -1.38. The van der Waals surface area contributed by atoms with Crippen molar-refractivity contribution in [1.82, 2.24) is 0 Å². The van der Waals surface area contributed by atoms with Gasteiger partial charge in [-0.25, -0.2) is 0 Å². The minimum Gasteiger partial charge on any atom is -0.316 e. The van der Waals surface area contributed by atoms with Gasteiger partial charge in [0.1, 0.15) is 37.2 Å². The van der Waals surface area contributed by atoms with Gasteiger partial charge in [-0.15, -0.1) is 0 Å². The maximum atomic E-state index is 13.0. The molecule has 1 aliphatic carbocycles. The number of benzene rings is 1. The molecule has 0 aliphatic heterocycles. The fourth-order valence-electron chi connectivity index (χ4n) is 3.04. The molecule has 7 heteroatoms. The fourth-order valence-corrected chi connectivity index (χ4v) is 3.33. The molecule has 0 amide bonds. The van der Waals surface area contributed by atoms with E-state index in [0.717, 1.165) is 18.4 Å². The summed E-state index contributed by atoms with van der Waals surface area (Å²) >= 11 is 6.30. The van der Waals surface area contributed by atoms with E-state index in [9.17, 15) is 4.79 Å². The van der Waals surface area contributed by atoms with Gasteiger partial charge in [-0.3, -0.25) is 4.79 Å². The van der Waals surface area contributed by atoms with Crippen molar-refractivity contribution in [3.8, 4) is 0 Å². The Hall–Kier alpha value is -0.600. The zero-order valence-electron chi connectivity index (χ0n) is 12.1. The van der Waals surface area contributed by atoms with E-state index in [-0.39, 0.29) is 11.0 Å². The summed E-state index contributed by atoms with van der Waals surface area (Å²) < 4.78 is 0. The quantitative estimate of drug-likeness (QED) is 0.640. The maximum Gasteiger partial charge on any atom is 0.147 e. The first-order chi connectivity index (χ1) is 8.63. The predicted molar refractivity (Wildman–Crippen MR) is 91.1 cm³/mol. The molecular weight excluding hydrogens is 253 g/mol.